The summed E-state index contributed by atoms with van der Waals surface area (Å²) in [4.78, 5) is 0. The molecular weight excluding hydrogens is 371 g/mol. The molecule has 0 unspecified atom stereocenters. The number of nitrogens with zero attached hydrogens (tertiary/aromatic N) is 4. The first kappa shape index (κ1) is 17.6. The van der Waals surface area contributed by atoms with Crippen molar-refractivity contribution in [2.45, 2.75) is 31.5 Å². The number of phenolic OH excluding ortho intramolecular Hbond substituents is 1. The molecule has 1 N–H and O–H groups in total. The van der Waals surface area contributed by atoms with E-state index in [0.717, 1.165) is 23.0 Å². The van der Waals surface area contributed by atoms with Crippen LogP contribution in [-0.2, 0) is 0 Å². The van der Waals surface area contributed by atoms with Gasteiger partial charge in [0.25, 0.3) is 0 Å². The van der Waals surface area contributed by atoms with Crippen LogP contribution in [0.15, 0.2) is 60.8 Å². The van der Waals surface area contributed by atoms with Crippen LogP contribution in [0.5, 0.6) is 11.6 Å². The number of aromatic hydroxyl groups is 1. The number of para-hydroxylation sites is 1. The summed E-state index contributed by atoms with van der Waals surface area (Å²) in [6.07, 6.45) is 2.43. The summed E-state index contributed by atoms with van der Waals surface area (Å²) in [5.41, 5.74) is 2.76. The first-order chi connectivity index (χ1) is 14.2. The number of hydrogen-bond acceptors (Lipinski definition) is 5. The van der Waals surface area contributed by atoms with Crippen LogP contribution in [0.2, 0.25) is 0 Å². The Bertz CT molecular complexity index is 1160. The Morgan fingerprint density at radius 1 is 1.03 bits per heavy atom. The summed E-state index contributed by atoms with van der Waals surface area (Å²) in [6.45, 7) is 0. The second kappa shape index (κ2) is 7.16. The number of halogens is 1. The first-order valence-electron chi connectivity index (χ1n) is 9.60. The number of phenols is 1. The van der Waals surface area contributed by atoms with Gasteiger partial charge in [-0.2, -0.15) is 5.10 Å². The zero-order valence-electron chi connectivity index (χ0n) is 15.6. The van der Waals surface area contributed by atoms with Gasteiger partial charge in [-0.1, -0.05) is 18.2 Å². The van der Waals surface area contributed by atoms with Gasteiger partial charge in [0.15, 0.2) is 0 Å². The second-order valence-corrected chi connectivity index (χ2v) is 7.18. The number of ether oxygens (including phenoxy) is 1. The van der Waals surface area contributed by atoms with Crippen molar-refractivity contribution in [3.05, 3.63) is 60.8 Å². The highest BCUT2D eigenvalue weighted by atomic mass is 19.1. The number of fused-ring (bicyclic) bond motifs is 1. The minimum absolute atomic E-state index is 0.0738. The van der Waals surface area contributed by atoms with E-state index in [2.05, 4.69) is 15.3 Å². The molecule has 4 aromatic rings. The van der Waals surface area contributed by atoms with Gasteiger partial charge in [0.1, 0.15) is 18.0 Å². The van der Waals surface area contributed by atoms with Gasteiger partial charge in [-0.25, -0.2) is 9.07 Å². The van der Waals surface area contributed by atoms with E-state index in [1.807, 2.05) is 30.3 Å². The van der Waals surface area contributed by atoms with Crippen molar-refractivity contribution in [1.29, 1.82) is 0 Å². The molecule has 2 aromatic carbocycles. The van der Waals surface area contributed by atoms with Crippen molar-refractivity contribution >= 4 is 10.9 Å². The van der Waals surface area contributed by atoms with E-state index in [1.54, 1.807) is 35.1 Å². The van der Waals surface area contributed by atoms with Crippen LogP contribution in [0.4, 0.5) is 4.39 Å². The fourth-order valence-corrected chi connectivity index (χ4v) is 3.74. The topological polar surface area (TPSA) is 73.1 Å². The van der Waals surface area contributed by atoms with Crippen LogP contribution >= 0.6 is 0 Å². The molecule has 5 rings (SSSR count). The van der Waals surface area contributed by atoms with Crippen LogP contribution in [-0.4, -0.2) is 37.4 Å². The van der Waals surface area contributed by atoms with Gasteiger partial charge < -0.3 is 9.84 Å². The standard InChI is InChI=1S/C22H19FN4O2/c23-17-5-3-7-21(17)29-22-11-10-18(25-26-22)16-9-8-15(12-20(16)28)27-19-6-2-1-4-14(19)13-24-27/h1-2,4,6,8-13,17,21,28H,3,5,7H2/t17-,21+/m1/s1. The quantitative estimate of drug-likeness (QED) is 0.557. The van der Waals surface area contributed by atoms with E-state index < -0.39 is 12.3 Å². The summed E-state index contributed by atoms with van der Waals surface area (Å²) in [5, 5.41) is 24.2. The third-order valence-corrected chi connectivity index (χ3v) is 5.26. The molecule has 1 aliphatic rings. The van der Waals surface area contributed by atoms with Crippen LogP contribution in [0.25, 0.3) is 27.8 Å². The summed E-state index contributed by atoms with van der Waals surface area (Å²) >= 11 is 0. The minimum atomic E-state index is -0.952. The fraction of sp³-hybridized carbons (Fsp3) is 0.227. The highest BCUT2D eigenvalue weighted by Gasteiger charge is 2.29. The van der Waals surface area contributed by atoms with Crippen molar-refractivity contribution in [1.82, 2.24) is 20.0 Å². The molecule has 6 nitrogen and oxygen atoms in total. The van der Waals surface area contributed by atoms with E-state index in [4.69, 9.17) is 4.74 Å². The Labute approximate surface area is 166 Å². The average Bonchev–Trinajstić information content (AvgIpc) is 3.35. The van der Waals surface area contributed by atoms with E-state index in [-0.39, 0.29) is 5.75 Å². The largest absolute Gasteiger partial charge is 0.507 e. The zero-order chi connectivity index (χ0) is 19.8. The Morgan fingerprint density at radius 3 is 2.69 bits per heavy atom. The lowest BCUT2D eigenvalue weighted by molar-refractivity contribution is 0.119. The molecule has 0 spiro atoms. The molecule has 0 bridgehead atoms. The number of aromatic nitrogens is 4. The molecule has 146 valence electrons. The van der Waals surface area contributed by atoms with Crippen LogP contribution in [0.3, 0.4) is 0 Å². The Kier molecular flexibility index (Phi) is 4.35. The minimum Gasteiger partial charge on any atom is -0.507 e. The smallest absolute Gasteiger partial charge is 0.233 e. The maximum absolute atomic E-state index is 13.7. The highest BCUT2D eigenvalue weighted by molar-refractivity contribution is 5.80. The molecule has 0 aliphatic heterocycles. The van der Waals surface area contributed by atoms with Crippen LogP contribution in [0.1, 0.15) is 19.3 Å². The SMILES string of the molecule is Oc1cc(-n2ncc3ccccc32)ccc1-c1ccc(O[C@H]2CCC[C@H]2F)nn1. The zero-order valence-corrected chi connectivity index (χ0v) is 15.6. The number of alkyl halides is 1. The molecule has 1 fully saturated rings. The lowest BCUT2D eigenvalue weighted by Crippen LogP contribution is -2.22. The molecule has 7 heteroatoms. The first-order valence-corrected chi connectivity index (χ1v) is 9.60. The molecule has 0 amide bonds. The summed E-state index contributed by atoms with van der Waals surface area (Å²) in [7, 11) is 0. The van der Waals surface area contributed by atoms with E-state index in [1.165, 1.54) is 0 Å². The van der Waals surface area contributed by atoms with Crippen molar-refractivity contribution in [2.24, 2.45) is 0 Å². The van der Waals surface area contributed by atoms with Crippen molar-refractivity contribution in [3.8, 4) is 28.6 Å². The van der Waals surface area contributed by atoms with E-state index in [0.29, 0.717) is 30.0 Å². The predicted octanol–water partition coefficient (Wildman–Crippen LogP) is 4.46. The molecule has 1 aliphatic carbocycles. The number of benzene rings is 2. The lowest BCUT2D eigenvalue weighted by Gasteiger charge is -2.14. The van der Waals surface area contributed by atoms with Gasteiger partial charge in [0.2, 0.25) is 5.88 Å². The van der Waals surface area contributed by atoms with E-state index in [9.17, 15) is 9.50 Å². The molecular formula is C22H19FN4O2. The summed E-state index contributed by atoms with van der Waals surface area (Å²) in [5.74, 6) is 0.368. The van der Waals surface area contributed by atoms with Crippen LogP contribution in [0, 0.1) is 0 Å². The molecule has 0 saturated heterocycles. The van der Waals surface area contributed by atoms with E-state index >= 15 is 0 Å². The maximum atomic E-state index is 13.7. The van der Waals surface area contributed by atoms with Gasteiger partial charge >= 0.3 is 0 Å². The highest BCUT2D eigenvalue weighted by Crippen LogP contribution is 2.31. The Balaban J connectivity index is 1.40. The Morgan fingerprint density at radius 2 is 1.93 bits per heavy atom. The monoisotopic (exact) mass is 390 g/mol. The maximum Gasteiger partial charge on any atom is 0.233 e. The van der Waals surface area contributed by atoms with Crippen molar-refractivity contribution in [2.75, 3.05) is 0 Å². The molecule has 2 aromatic heterocycles. The molecule has 1 saturated carbocycles. The predicted molar refractivity (Wildman–Crippen MR) is 107 cm³/mol. The number of hydrogen-bond donors (Lipinski definition) is 1. The van der Waals surface area contributed by atoms with Gasteiger partial charge in [0.05, 0.1) is 23.1 Å². The molecule has 29 heavy (non-hydrogen) atoms. The van der Waals surface area contributed by atoms with Crippen molar-refractivity contribution < 1.29 is 14.2 Å². The normalized spacial score (nSPS) is 18.9. The van der Waals surface area contributed by atoms with Gasteiger partial charge in [-0.05, 0) is 43.5 Å². The molecule has 0 radical (unpaired) electrons. The van der Waals surface area contributed by atoms with Gasteiger partial charge in [-0.3, -0.25) is 0 Å². The Hall–Kier alpha value is -3.48. The van der Waals surface area contributed by atoms with Crippen molar-refractivity contribution in [3.63, 3.8) is 0 Å². The second-order valence-electron chi connectivity index (χ2n) is 7.18. The van der Waals surface area contributed by atoms with Gasteiger partial charge in [0, 0.05) is 23.1 Å². The van der Waals surface area contributed by atoms with Crippen LogP contribution < -0.4 is 4.74 Å². The average molecular weight is 390 g/mol. The lowest BCUT2D eigenvalue weighted by atomic mass is 10.1. The fourth-order valence-electron chi connectivity index (χ4n) is 3.74. The molecule has 2 atom stereocenters. The van der Waals surface area contributed by atoms with Gasteiger partial charge in [-0.15, -0.1) is 10.2 Å². The third kappa shape index (κ3) is 3.29. The third-order valence-electron chi connectivity index (χ3n) is 5.26. The molecule has 2 heterocycles. The summed E-state index contributed by atoms with van der Waals surface area (Å²) < 4.78 is 21.1. The summed E-state index contributed by atoms with van der Waals surface area (Å²) in [6, 6.07) is 16.5. The number of rotatable bonds is 4.